The van der Waals surface area contributed by atoms with Crippen LogP contribution in [0.3, 0.4) is 0 Å². The summed E-state index contributed by atoms with van der Waals surface area (Å²) in [5, 5.41) is 10.5. The van der Waals surface area contributed by atoms with Crippen molar-refractivity contribution in [3.63, 3.8) is 0 Å². The van der Waals surface area contributed by atoms with Crippen LogP contribution < -0.4 is 4.74 Å². The summed E-state index contributed by atoms with van der Waals surface area (Å²) in [4.78, 5) is 4.71. The number of β-amino-alcohol motifs (C(OH)–C–C–N with tert-alkyl or cyclic N) is 1. The highest BCUT2D eigenvalue weighted by molar-refractivity contribution is 5.32. The predicted molar refractivity (Wildman–Crippen MR) is 107 cm³/mol. The lowest BCUT2D eigenvalue weighted by Gasteiger charge is -2.41. The molecule has 0 amide bonds. The van der Waals surface area contributed by atoms with Crippen molar-refractivity contribution in [2.75, 3.05) is 46.9 Å². The lowest BCUT2D eigenvalue weighted by Crippen LogP contribution is -2.49. The zero-order valence-corrected chi connectivity index (χ0v) is 16.3. The van der Waals surface area contributed by atoms with Gasteiger partial charge in [-0.2, -0.15) is 0 Å². The summed E-state index contributed by atoms with van der Waals surface area (Å²) >= 11 is 0. The van der Waals surface area contributed by atoms with Crippen LogP contribution in [0.4, 0.5) is 0 Å². The normalized spacial score (nSPS) is 19.7. The minimum Gasteiger partial charge on any atom is -0.496 e. The van der Waals surface area contributed by atoms with Gasteiger partial charge in [0.1, 0.15) is 5.75 Å². The number of rotatable bonds is 8. The van der Waals surface area contributed by atoms with E-state index in [2.05, 4.69) is 41.1 Å². The molecule has 0 aliphatic carbocycles. The molecule has 0 aromatic heterocycles. The van der Waals surface area contributed by atoms with Crippen LogP contribution in [0.2, 0.25) is 0 Å². The maximum atomic E-state index is 10.5. The van der Waals surface area contributed by atoms with E-state index in [1.807, 2.05) is 30.3 Å². The number of likely N-dealkylation sites (N-methyl/N-ethyl adjacent to an activating group) is 1. The fourth-order valence-corrected chi connectivity index (χ4v) is 3.62. The highest BCUT2D eigenvalue weighted by atomic mass is 16.5. The van der Waals surface area contributed by atoms with Gasteiger partial charge in [0.25, 0.3) is 0 Å². The average molecular weight is 370 g/mol. The lowest BCUT2D eigenvalue weighted by molar-refractivity contribution is -0.0119. The van der Waals surface area contributed by atoms with E-state index in [1.165, 1.54) is 5.56 Å². The smallest absolute Gasteiger partial charge is 0.124 e. The Balaban J connectivity index is 1.53. The third kappa shape index (κ3) is 5.53. The van der Waals surface area contributed by atoms with Crippen LogP contribution in [-0.4, -0.2) is 68.0 Å². The second-order valence-corrected chi connectivity index (χ2v) is 7.16. The molecule has 146 valence electrons. The van der Waals surface area contributed by atoms with Crippen molar-refractivity contribution in [1.82, 2.24) is 9.80 Å². The van der Waals surface area contributed by atoms with Crippen LogP contribution in [0.15, 0.2) is 54.6 Å². The first-order valence-electron chi connectivity index (χ1n) is 9.52. The van der Waals surface area contributed by atoms with Crippen molar-refractivity contribution in [3.8, 4) is 5.75 Å². The molecule has 0 spiro atoms. The number of nitrogens with zero attached hydrogens (tertiary/aromatic N) is 2. The first-order valence-corrected chi connectivity index (χ1v) is 9.52. The number of methoxy groups -OCH3 is 1. The number of aliphatic hydroxyl groups is 1. The zero-order valence-electron chi connectivity index (χ0n) is 16.3. The monoisotopic (exact) mass is 370 g/mol. The van der Waals surface area contributed by atoms with Crippen LogP contribution in [0, 0.1) is 0 Å². The summed E-state index contributed by atoms with van der Waals surface area (Å²) in [5.74, 6) is 0.815. The van der Waals surface area contributed by atoms with Crippen LogP contribution in [0.5, 0.6) is 5.75 Å². The number of para-hydroxylation sites is 1. The summed E-state index contributed by atoms with van der Waals surface area (Å²) in [7, 11) is 3.81. The van der Waals surface area contributed by atoms with E-state index in [0.717, 1.165) is 30.9 Å². The number of hydrogen-bond acceptors (Lipinski definition) is 5. The molecule has 2 aromatic carbocycles. The Morgan fingerprint density at radius 1 is 1.07 bits per heavy atom. The molecule has 3 rings (SSSR count). The SMILES string of the molecule is COc1ccccc1COC[C@@H](O)CN1CCN(C)C[C@@H]1c1ccccc1. The van der Waals surface area contributed by atoms with Gasteiger partial charge in [-0.1, -0.05) is 48.5 Å². The minimum atomic E-state index is -0.519. The molecule has 5 heteroatoms. The molecule has 2 aromatic rings. The van der Waals surface area contributed by atoms with E-state index in [1.54, 1.807) is 7.11 Å². The van der Waals surface area contributed by atoms with Crippen molar-refractivity contribution in [3.05, 3.63) is 65.7 Å². The molecule has 1 N–H and O–H groups in total. The van der Waals surface area contributed by atoms with E-state index in [4.69, 9.17) is 9.47 Å². The quantitative estimate of drug-likeness (QED) is 0.774. The summed E-state index contributed by atoms with van der Waals surface area (Å²) in [5.41, 5.74) is 2.29. The molecule has 5 nitrogen and oxygen atoms in total. The Bertz CT molecular complexity index is 695. The van der Waals surface area contributed by atoms with Gasteiger partial charge in [-0.3, -0.25) is 4.90 Å². The Labute approximate surface area is 162 Å². The average Bonchev–Trinajstić information content (AvgIpc) is 2.70. The third-order valence-electron chi connectivity index (χ3n) is 5.08. The molecule has 0 unspecified atom stereocenters. The molecule has 1 aliphatic heterocycles. The molecule has 0 bridgehead atoms. The van der Waals surface area contributed by atoms with Gasteiger partial charge in [0.15, 0.2) is 0 Å². The number of benzene rings is 2. The topological polar surface area (TPSA) is 45.2 Å². The molecule has 1 heterocycles. The van der Waals surface area contributed by atoms with Crippen LogP contribution in [0.25, 0.3) is 0 Å². The van der Waals surface area contributed by atoms with Gasteiger partial charge in [-0.15, -0.1) is 0 Å². The van der Waals surface area contributed by atoms with Crippen LogP contribution >= 0.6 is 0 Å². The molecular weight excluding hydrogens is 340 g/mol. The standard InChI is InChI=1S/C22H30N2O3/c1-23-12-13-24(21(15-23)18-8-4-3-5-9-18)14-20(25)17-27-16-19-10-6-7-11-22(19)26-2/h3-11,20-21,25H,12-17H2,1-2H3/t20-,21+/m0/s1. The maximum absolute atomic E-state index is 10.5. The van der Waals surface area contributed by atoms with E-state index < -0.39 is 6.10 Å². The summed E-state index contributed by atoms with van der Waals surface area (Å²) in [6.07, 6.45) is -0.519. The van der Waals surface area contributed by atoms with Crippen molar-refractivity contribution in [2.24, 2.45) is 0 Å². The van der Waals surface area contributed by atoms with Crippen molar-refractivity contribution in [2.45, 2.75) is 18.8 Å². The van der Waals surface area contributed by atoms with E-state index in [-0.39, 0.29) is 0 Å². The fraction of sp³-hybridized carbons (Fsp3) is 0.455. The molecule has 1 aliphatic rings. The van der Waals surface area contributed by atoms with Gasteiger partial charge < -0.3 is 19.5 Å². The largest absolute Gasteiger partial charge is 0.496 e. The van der Waals surface area contributed by atoms with Gasteiger partial charge in [-0.05, 0) is 18.7 Å². The van der Waals surface area contributed by atoms with E-state index in [9.17, 15) is 5.11 Å². The Morgan fingerprint density at radius 3 is 2.59 bits per heavy atom. The van der Waals surface area contributed by atoms with E-state index >= 15 is 0 Å². The minimum absolute atomic E-state index is 0.300. The molecule has 0 radical (unpaired) electrons. The number of hydrogen-bond donors (Lipinski definition) is 1. The van der Waals surface area contributed by atoms with Gasteiger partial charge >= 0.3 is 0 Å². The van der Waals surface area contributed by atoms with Gasteiger partial charge in [0, 0.05) is 37.8 Å². The second-order valence-electron chi connectivity index (χ2n) is 7.16. The van der Waals surface area contributed by atoms with E-state index in [0.29, 0.717) is 25.8 Å². The first kappa shape index (κ1) is 19.8. The predicted octanol–water partition coefficient (Wildman–Crippen LogP) is 2.56. The molecule has 1 saturated heterocycles. The highest BCUT2D eigenvalue weighted by Gasteiger charge is 2.28. The Morgan fingerprint density at radius 2 is 1.81 bits per heavy atom. The molecule has 2 atom stereocenters. The lowest BCUT2D eigenvalue weighted by atomic mass is 10.0. The Kier molecular flexibility index (Phi) is 7.24. The van der Waals surface area contributed by atoms with Gasteiger partial charge in [0.2, 0.25) is 0 Å². The second kappa shape index (κ2) is 9.85. The van der Waals surface area contributed by atoms with Crippen molar-refractivity contribution in [1.29, 1.82) is 0 Å². The van der Waals surface area contributed by atoms with Crippen molar-refractivity contribution < 1.29 is 14.6 Å². The third-order valence-corrected chi connectivity index (χ3v) is 5.08. The number of aliphatic hydroxyl groups excluding tert-OH is 1. The maximum Gasteiger partial charge on any atom is 0.124 e. The molecule has 27 heavy (non-hydrogen) atoms. The summed E-state index contributed by atoms with van der Waals surface area (Å²) in [6.45, 7) is 4.29. The Hall–Kier alpha value is -1.92. The molecule has 1 fully saturated rings. The van der Waals surface area contributed by atoms with Crippen LogP contribution in [-0.2, 0) is 11.3 Å². The summed E-state index contributed by atoms with van der Waals surface area (Å²) < 4.78 is 11.1. The number of piperazine rings is 1. The van der Waals surface area contributed by atoms with Crippen molar-refractivity contribution >= 4 is 0 Å². The van der Waals surface area contributed by atoms with Gasteiger partial charge in [-0.25, -0.2) is 0 Å². The molecule has 0 saturated carbocycles. The van der Waals surface area contributed by atoms with Gasteiger partial charge in [0.05, 0.1) is 26.4 Å². The summed E-state index contributed by atoms with van der Waals surface area (Å²) in [6, 6.07) is 18.6. The van der Waals surface area contributed by atoms with Crippen LogP contribution in [0.1, 0.15) is 17.2 Å². The number of ether oxygens (including phenoxy) is 2. The fourth-order valence-electron chi connectivity index (χ4n) is 3.62. The highest BCUT2D eigenvalue weighted by Crippen LogP contribution is 2.25. The first-order chi connectivity index (χ1) is 13.2. The molecular formula is C22H30N2O3. The zero-order chi connectivity index (χ0) is 19.1.